The van der Waals surface area contributed by atoms with Crippen LogP contribution in [-0.4, -0.2) is 25.7 Å². The first-order valence-corrected chi connectivity index (χ1v) is 11.8. The van der Waals surface area contributed by atoms with Gasteiger partial charge in [0, 0.05) is 24.5 Å². The van der Waals surface area contributed by atoms with Crippen LogP contribution in [0.4, 0.5) is 18.9 Å². The fourth-order valence-corrected chi connectivity index (χ4v) is 4.07. The summed E-state index contributed by atoms with van der Waals surface area (Å²) in [6.45, 7) is 3.71. The molecule has 32 heavy (non-hydrogen) atoms. The first-order chi connectivity index (χ1) is 15.3. The van der Waals surface area contributed by atoms with Crippen LogP contribution < -0.4 is 9.64 Å². The van der Waals surface area contributed by atoms with Gasteiger partial charge >= 0.3 is 6.18 Å². The minimum atomic E-state index is -4.31. The van der Waals surface area contributed by atoms with Gasteiger partial charge in [-0.25, -0.2) is 0 Å². The Morgan fingerprint density at radius 2 is 1.62 bits per heavy atom. The molecule has 0 aliphatic carbocycles. The molecule has 0 fully saturated rings. The van der Waals surface area contributed by atoms with Crippen molar-refractivity contribution >= 4 is 17.4 Å². The molecule has 0 radical (unpaired) electrons. The summed E-state index contributed by atoms with van der Waals surface area (Å²) in [6.07, 6.45) is -1.63. The quantitative estimate of drug-likeness (QED) is 0.342. The van der Waals surface area contributed by atoms with Gasteiger partial charge in [0.15, 0.2) is 0 Å². The number of hydrogen-bond donors (Lipinski definition) is 0. The predicted octanol–water partition coefficient (Wildman–Crippen LogP) is 6.98. The SMILES string of the molecule is COc1ccc(CN(CCSC)c2cccc(Cc3ccc(C(F)(F)F)cc3)c2)cc1C. The maximum Gasteiger partial charge on any atom is 0.416 e. The molecule has 0 atom stereocenters. The number of nitrogens with zero attached hydrogens (tertiary/aromatic N) is 1. The molecule has 3 aromatic carbocycles. The van der Waals surface area contributed by atoms with Gasteiger partial charge in [-0.2, -0.15) is 24.9 Å². The Labute approximate surface area is 192 Å². The van der Waals surface area contributed by atoms with Gasteiger partial charge in [0.05, 0.1) is 12.7 Å². The molecule has 0 heterocycles. The summed E-state index contributed by atoms with van der Waals surface area (Å²) in [7, 11) is 1.68. The third kappa shape index (κ3) is 6.45. The molecule has 0 unspecified atom stereocenters. The van der Waals surface area contributed by atoms with Crippen LogP contribution in [0.3, 0.4) is 0 Å². The zero-order valence-electron chi connectivity index (χ0n) is 18.6. The van der Waals surface area contributed by atoms with Crippen molar-refractivity contribution in [2.75, 3.05) is 30.6 Å². The van der Waals surface area contributed by atoms with Gasteiger partial charge in [-0.05, 0) is 72.2 Å². The topological polar surface area (TPSA) is 12.5 Å². The lowest BCUT2D eigenvalue weighted by Gasteiger charge is -2.26. The number of anilines is 1. The molecule has 2 nitrogen and oxygen atoms in total. The van der Waals surface area contributed by atoms with Gasteiger partial charge in [0.2, 0.25) is 0 Å². The molecule has 0 aliphatic heterocycles. The average molecular weight is 460 g/mol. The second-order valence-electron chi connectivity index (χ2n) is 7.76. The summed E-state index contributed by atoms with van der Waals surface area (Å²) >= 11 is 1.80. The Morgan fingerprint density at radius 1 is 0.906 bits per heavy atom. The summed E-state index contributed by atoms with van der Waals surface area (Å²) in [5.41, 5.74) is 4.73. The number of thioether (sulfide) groups is 1. The average Bonchev–Trinajstić information content (AvgIpc) is 2.76. The van der Waals surface area contributed by atoms with E-state index in [4.69, 9.17) is 4.74 Å². The van der Waals surface area contributed by atoms with Gasteiger partial charge < -0.3 is 9.64 Å². The van der Waals surface area contributed by atoms with Gasteiger partial charge in [-0.1, -0.05) is 36.4 Å². The maximum absolute atomic E-state index is 12.8. The highest BCUT2D eigenvalue weighted by molar-refractivity contribution is 7.98. The Morgan fingerprint density at radius 3 is 2.25 bits per heavy atom. The number of ether oxygens (including phenoxy) is 1. The zero-order valence-corrected chi connectivity index (χ0v) is 19.4. The van der Waals surface area contributed by atoms with Gasteiger partial charge in [-0.15, -0.1) is 0 Å². The van der Waals surface area contributed by atoms with Crippen molar-refractivity contribution in [2.45, 2.75) is 26.1 Å². The number of aryl methyl sites for hydroxylation is 1. The zero-order chi connectivity index (χ0) is 23.1. The molecule has 0 amide bonds. The van der Waals surface area contributed by atoms with Crippen molar-refractivity contribution in [2.24, 2.45) is 0 Å². The summed E-state index contributed by atoms with van der Waals surface area (Å²) in [5.74, 6) is 1.88. The van der Waals surface area contributed by atoms with Crippen LogP contribution in [0.25, 0.3) is 0 Å². The van der Waals surface area contributed by atoms with Crippen LogP contribution in [0.5, 0.6) is 5.75 Å². The second-order valence-corrected chi connectivity index (χ2v) is 8.75. The Bertz CT molecular complexity index is 1020. The summed E-state index contributed by atoms with van der Waals surface area (Å²) in [6, 6.07) is 19.9. The molecule has 0 saturated heterocycles. The van der Waals surface area contributed by atoms with Crippen LogP contribution in [0.1, 0.15) is 27.8 Å². The molecule has 0 bridgehead atoms. The largest absolute Gasteiger partial charge is 0.496 e. The lowest BCUT2D eigenvalue weighted by Crippen LogP contribution is -2.25. The fraction of sp³-hybridized carbons (Fsp3) is 0.308. The summed E-state index contributed by atoms with van der Waals surface area (Å²) in [5, 5.41) is 0. The molecule has 3 aromatic rings. The molecular weight excluding hydrogens is 431 g/mol. The number of hydrogen-bond acceptors (Lipinski definition) is 3. The predicted molar refractivity (Wildman–Crippen MR) is 128 cm³/mol. The lowest BCUT2D eigenvalue weighted by molar-refractivity contribution is -0.137. The van der Waals surface area contributed by atoms with Gasteiger partial charge in [-0.3, -0.25) is 0 Å². The number of methoxy groups -OCH3 is 1. The van der Waals surface area contributed by atoms with Gasteiger partial charge in [0.1, 0.15) is 5.75 Å². The smallest absolute Gasteiger partial charge is 0.416 e. The van der Waals surface area contributed by atoms with Crippen LogP contribution in [0.15, 0.2) is 66.7 Å². The molecule has 0 saturated carbocycles. The van der Waals surface area contributed by atoms with Crippen molar-refractivity contribution in [1.29, 1.82) is 0 Å². The minimum absolute atomic E-state index is 0.587. The van der Waals surface area contributed by atoms with Crippen molar-refractivity contribution < 1.29 is 17.9 Å². The Hall–Kier alpha value is -2.60. The van der Waals surface area contributed by atoms with E-state index >= 15 is 0 Å². The van der Waals surface area contributed by atoms with Crippen molar-refractivity contribution in [3.05, 3.63) is 94.5 Å². The van der Waals surface area contributed by atoms with Crippen molar-refractivity contribution in [3.8, 4) is 5.75 Å². The number of halogens is 3. The molecule has 3 rings (SSSR count). The van der Waals surface area contributed by atoms with Crippen LogP contribution >= 0.6 is 11.8 Å². The van der Waals surface area contributed by atoms with E-state index in [2.05, 4.69) is 35.4 Å². The van der Waals surface area contributed by atoms with E-state index in [-0.39, 0.29) is 0 Å². The van der Waals surface area contributed by atoms with Crippen LogP contribution in [0.2, 0.25) is 0 Å². The second kappa shape index (κ2) is 10.8. The molecule has 0 spiro atoms. The minimum Gasteiger partial charge on any atom is -0.496 e. The third-order valence-corrected chi connectivity index (χ3v) is 5.95. The first kappa shape index (κ1) is 24.1. The molecule has 6 heteroatoms. The number of rotatable bonds is 9. The van der Waals surface area contributed by atoms with Crippen molar-refractivity contribution in [3.63, 3.8) is 0 Å². The van der Waals surface area contributed by atoms with E-state index in [0.29, 0.717) is 6.42 Å². The third-order valence-electron chi connectivity index (χ3n) is 5.36. The fourth-order valence-electron chi connectivity index (χ4n) is 3.67. The summed E-state index contributed by atoms with van der Waals surface area (Å²) in [4.78, 5) is 2.34. The van der Waals surface area contributed by atoms with Crippen molar-refractivity contribution in [1.82, 2.24) is 0 Å². The first-order valence-electron chi connectivity index (χ1n) is 10.4. The Kier molecular flexibility index (Phi) is 8.13. The van der Waals surface area contributed by atoms with E-state index in [1.807, 2.05) is 25.1 Å². The van der Waals surface area contributed by atoms with E-state index in [1.165, 1.54) is 5.56 Å². The Balaban J connectivity index is 1.79. The molecule has 170 valence electrons. The van der Waals surface area contributed by atoms with Crippen LogP contribution in [0, 0.1) is 6.92 Å². The maximum atomic E-state index is 12.8. The monoisotopic (exact) mass is 459 g/mol. The highest BCUT2D eigenvalue weighted by Gasteiger charge is 2.29. The molecule has 0 N–H and O–H groups in total. The van der Waals surface area contributed by atoms with Crippen LogP contribution in [-0.2, 0) is 19.1 Å². The van der Waals surface area contributed by atoms with E-state index in [9.17, 15) is 13.2 Å². The molecule has 0 aromatic heterocycles. The normalized spacial score (nSPS) is 11.4. The standard InChI is InChI=1S/C26H28F3NOS/c1-19-15-22(9-12-25(19)31-2)18-30(13-14-32-3)24-6-4-5-21(17-24)16-20-7-10-23(11-8-20)26(27,28)29/h4-12,15,17H,13-14,16,18H2,1-3H3. The lowest BCUT2D eigenvalue weighted by atomic mass is 10.0. The summed E-state index contributed by atoms with van der Waals surface area (Å²) < 4.78 is 43.8. The van der Waals surface area contributed by atoms with Gasteiger partial charge in [0.25, 0.3) is 0 Å². The van der Waals surface area contributed by atoms with E-state index < -0.39 is 11.7 Å². The number of benzene rings is 3. The highest BCUT2D eigenvalue weighted by atomic mass is 32.2. The molecule has 0 aliphatic rings. The number of alkyl halides is 3. The molecular formula is C26H28F3NOS. The highest BCUT2D eigenvalue weighted by Crippen LogP contribution is 2.30. The van der Waals surface area contributed by atoms with E-state index in [0.717, 1.165) is 59.1 Å². The van der Waals surface area contributed by atoms with E-state index in [1.54, 1.807) is 31.0 Å².